The zero-order valence-corrected chi connectivity index (χ0v) is 17.3. The zero-order valence-electron chi connectivity index (χ0n) is 17.3. The van der Waals surface area contributed by atoms with Crippen molar-refractivity contribution in [3.8, 4) is 11.8 Å². The van der Waals surface area contributed by atoms with Crippen molar-refractivity contribution in [1.29, 1.82) is 5.26 Å². The number of hydrogen-bond acceptors (Lipinski definition) is 5. The average Bonchev–Trinajstić information content (AvgIpc) is 2.96. The van der Waals surface area contributed by atoms with Crippen molar-refractivity contribution in [2.45, 2.75) is 53.5 Å². The van der Waals surface area contributed by atoms with Gasteiger partial charge in [0.1, 0.15) is 5.75 Å². The van der Waals surface area contributed by atoms with Gasteiger partial charge in [-0.2, -0.15) is 10.4 Å². The highest BCUT2D eigenvalue weighted by Crippen LogP contribution is 2.16. The van der Waals surface area contributed by atoms with Crippen LogP contribution in [-0.4, -0.2) is 28.2 Å². The molecule has 1 aromatic carbocycles. The zero-order chi connectivity index (χ0) is 21.4. The van der Waals surface area contributed by atoms with E-state index in [2.05, 4.69) is 22.0 Å². The lowest BCUT2D eigenvalue weighted by Gasteiger charge is -2.10. The van der Waals surface area contributed by atoms with Crippen LogP contribution >= 0.6 is 0 Å². The molecule has 2 rings (SSSR count). The third-order valence-corrected chi connectivity index (χ3v) is 4.76. The topological polar surface area (TPSA) is 109 Å². The van der Waals surface area contributed by atoms with E-state index in [1.807, 2.05) is 39.8 Å². The summed E-state index contributed by atoms with van der Waals surface area (Å²) in [6, 6.07) is 7.69. The lowest BCUT2D eigenvalue weighted by Crippen LogP contribution is -2.43. The summed E-state index contributed by atoms with van der Waals surface area (Å²) in [5.74, 6) is -0.129. The number of hydrazine groups is 1. The second kappa shape index (κ2) is 10.3. The molecule has 0 aliphatic carbocycles. The van der Waals surface area contributed by atoms with Crippen molar-refractivity contribution >= 4 is 11.8 Å². The van der Waals surface area contributed by atoms with E-state index in [0.717, 1.165) is 28.1 Å². The highest BCUT2D eigenvalue weighted by Gasteiger charge is 2.13. The van der Waals surface area contributed by atoms with Gasteiger partial charge < -0.3 is 4.74 Å². The number of aryl methyl sites for hydroxylation is 4. The molecule has 0 spiro atoms. The first kappa shape index (κ1) is 22.0. The Balaban J connectivity index is 1.75. The van der Waals surface area contributed by atoms with Crippen LogP contribution in [-0.2, 0) is 22.6 Å². The predicted molar refractivity (Wildman–Crippen MR) is 108 cm³/mol. The lowest BCUT2D eigenvalue weighted by molar-refractivity contribution is -0.130. The Bertz CT molecular complexity index is 927. The van der Waals surface area contributed by atoms with Crippen LogP contribution in [0, 0.1) is 39.0 Å². The second-order valence-corrected chi connectivity index (χ2v) is 6.91. The van der Waals surface area contributed by atoms with Gasteiger partial charge >= 0.3 is 0 Å². The molecule has 0 aliphatic rings. The number of amides is 2. The summed E-state index contributed by atoms with van der Waals surface area (Å²) in [6.45, 7) is 8.13. The second-order valence-electron chi connectivity index (χ2n) is 6.91. The Kier molecular flexibility index (Phi) is 7.78. The minimum atomic E-state index is -0.437. The molecule has 0 aliphatic heterocycles. The van der Waals surface area contributed by atoms with Gasteiger partial charge in [0.15, 0.2) is 6.61 Å². The number of ether oxygens (including phenoxy) is 1. The predicted octanol–water partition coefficient (Wildman–Crippen LogP) is 2.19. The molecule has 0 fully saturated rings. The van der Waals surface area contributed by atoms with Gasteiger partial charge in [-0.3, -0.25) is 25.1 Å². The van der Waals surface area contributed by atoms with Crippen LogP contribution in [0.4, 0.5) is 0 Å². The SMILES string of the molecule is Cc1ccc(OCC(=O)NNC(=O)CCc2c(C)nn(CCC#N)c2C)cc1C. The molecule has 29 heavy (non-hydrogen) atoms. The first-order valence-electron chi connectivity index (χ1n) is 9.49. The highest BCUT2D eigenvalue weighted by atomic mass is 16.5. The quantitative estimate of drug-likeness (QED) is 0.664. The standard InChI is InChI=1S/C21H27N5O3/c1-14-6-7-18(12-15(14)2)29-13-21(28)24-23-20(27)9-8-19-16(3)25-26(17(19)4)11-5-10-22/h6-7,12H,5,8-9,11,13H2,1-4H3,(H,23,27)(H,24,28). The monoisotopic (exact) mass is 397 g/mol. The molecule has 0 saturated heterocycles. The van der Waals surface area contributed by atoms with Crippen molar-refractivity contribution in [2.75, 3.05) is 6.61 Å². The fourth-order valence-electron chi connectivity index (χ4n) is 2.90. The Hall–Kier alpha value is -3.34. The van der Waals surface area contributed by atoms with E-state index in [1.165, 1.54) is 0 Å². The molecule has 1 heterocycles. The minimum absolute atomic E-state index is 0.188. The molecule has 154 valence electrons. The number of hydrogen-bond donors (Lipinski definition) is 2. The molecule has 0 unspecified atom stereocenters. The maximum absolute atomic E-state index is 12.0. The summed E-state index contributed by atoms with van der Waals surface area (Å²) < 4.78 is 7.22. The number of nitriles is 1. The van der Waals surface area contributed by atoms with E-state index in [0.29, 0.717) is 25.1 Å². The van der Waals surface area contributed by atoms with Crippen molar-refractivity contribution < 1.29 is 14.3 Å². The summed E-state index contributed by atoms with van der Waals surface area (Å²) in [5.41, 5.74) is 9.78. The van der Waals surface area contributed by atoms with E-state index in [4.69, 9.17) is 10.00 Å². The summed E-state index contributed by atoms with van der Waals surface area (Å²) in [6.07, 6.45) is 1.10. The van der Waals surface area contributed by atoms with Gasteiger partial charge in [0.25, 0.3) is 5.91 Å². The third-order valence-electron chi connectivity index (χ3n) is 4.76. The van der Waals surface area contributed by atoms with Crippen LogP contribution < -0.4 is 15.6 Å². The van der Waals surface area contributed by atoms with Gasteiger partial charge in [0, 0.05) is 12.1 Å². The van der Waals surface area contributed by atoms with Crippen LogP contribution in [0.3, 0.4) is 0 Å². The van der Waals surface area contributed by atoms with Crippen LogP contribution in [0.5, 0.6) is 5.75 Å². The first-order valence-corrected chi connectivity index (χ1v) is 9.49. The largest absolute Gasteiger partial charge is 0.484 e. The molecule has 0 radical (unpaired) electrons. The number of benzene rings is 1. The van der Waals surface area contributed by atoms with Crippen molar-refractivity contribution in [3.05, 3.63) is 46.3 Å². The molecule has 2 amide bonds. The van der Waals surface area contributed by atoms with Gasteiger partial charge in [-0.25, -0.2) is 0 Å². The summed E-state index contributed by atoms with van der Waals surface area (Å²) >= 11 is 0. The summed E-state index contributed by atoms with van der Waals surface area (Å²) in [5, 5.41) is 13.1. The number of carbonyl (C=O) groups is 2. The number of carbonyl (C=O) groups excluding carboxylic acids is 2. The Morgan fingerprint density at radius 1 is 1.14 bits per heavy atom. The molecule has 2 N–H and O–H groups in total. The van der Waals surface area contributed by atoms with Crippen LogP contribution in [0.1, 0.15) is 40.9 Å². The van der Waals surface area contributed by atoms with Crippen LogP contribution in [0.2, 0.25) is 0 Å². The molecule has 0 saturated carbocycles. The molecular weight excluding hydrogens is 370 g/mol. The Morgan fingerprint density at radius 2 is 1.86 bits per heavy atom. The Morgan fingerprint density at radius 3 is 2.55 bits per heavy atom. The number of nitrogens with zero attached hydrogens (tertiary/aromatic N) is 3. The van der Waals surface area contributed by atoms with Crippen molar-refractivity contribution in [2.24, 2.45) is 0 Å². The smallest absolute Gasteiger partial charge is 0.276 e. The fourth-order valence-corrected chi connectivity index (χ4v) is 2.90. The lowest BCUT2D eigenvalue weighted by atomic mass is 10.1. The van der Waals surface area contributed by atoms with Gasteiger partial charge in [-0.05, 0) is 62.9 Å². The molecule has 8 nitrogen and oxygen atoms in total. The normalized spacial score (nSPS) is 10.3. The fraction of sp³-hybridized carbons (Fsp3) is 0.429. The van der Waals surface area contributed by atoms with Gasteiger partial charge in [-0.1, -0.05) is 6.07 Å². The number of aromatic nitrogens is 2. The molecule has 1 aromatic heterocycles. The summed E-state index contributed by atoms with van der Waals surface area (Å²) in [4.78, 5) is 23.9. The first-order chi connectivity index (χ1) is 13.8. The third kappa shape index (κ3) is 6.35. The highest BCUT2D eigenvalue weighted by molar-refractivity contribution is 5.82. The van der Waals surface area contributed by atoms with Crippen molar-refractivity contribution in [3.63, 3.8) is 0 Å². The molecule has 0 bridgehead atoms. The maximum atomic E-state index is 12.0. The molecular formula is C21H27N5O3. The van der Waals surface area contributed by atoms with E-state index in [1.54, 1.807) is 10.7 Å². The van der Waals surface area contributed by atoms with Crippen molar-refractivity contribution in [1.82, 2.24) is 20.6 Å². The van der Waals surface area contributed by atoms with E-state index in [9.17, 15) is 9.59 Å². The Labute approximate surface area is 170 Å². The maximum Gasteiger partial charge on any atom is 0.276 e. The number of rotatable bonds is 8. The summed E-state index contributed by atoms with van der Waals surface area (Å²) in [7, 11) is 0. The minimum Gasteiger partial charge on any atom is -0.484 e. The average molecular weight is 397 g/mol. The van der Waals surface area contributed by atoms with Crippen LogP contribution in [0.15, 0.2) is 18.2 Å². The van der Waals surface area contributed by atoms with E-state index < -0.39 is 5.91 Å². The van der Waals surface area contributed by atoms with Crippen LogP contribution in [0.25, 0.3) is 0 Å². The van der Waals surface area contributed by atoms with E-state index in [-0.39, 0.29) is 18.9 Å². The number of nitrogens with one attached hydrogen (secondary N) is 2. The van der Waals surface area contributed by atoms with Gasteiger partial charge in [-0.15, -0.1) is 0 Å². The van der Waals surface area contributed by atoms with Gasteiger partial charge in [0.2, 0.25) is 5.91 Å². The molecule has 2 aromatic rings. The van der Waals surface area contributed by atoms with Gasteiger partial charge in [0.05, 0.1) is 24.7 Å². The molecule has 0 atom stereocenters. The molecule has 8 heteroatoms. The van der Waals surface area contributed by atoms with E-state index >= 15 is 0 Å².